The number of carbonyl (C=O) groups excluding carboxylic acids is 1. The van der Waals surface area contributed by atoms with Gasteiger partial charge in [0.05, 0.1) is 11.4 Å². The highest BCUT2D eigenvalue weighted by atomic mass is 79.9. The van der Waals surface area contributed by atoms with Crippen molar-refractivity contribution in [1.29, 1.82) is 0 Å². The second kappa shape index (κ2) is 3.85. The zero-order valence-electron chi connectivity index (χ0n) is 8.51. The monoisotopic (exact) mass is 268 g/mol. The van der Waals surface area contributed by atoms with Crippen molar-refractivity contribution < 1.29 is 4.79 Å². The Morgan fingerprint density at radius 2 is 2.20 bits per heavy atom. The minimum Gasteiger partial charge on any atom is -0.396 e. The first-order valence-electron chi connectivity index (χ1n) is 4.94. The molecule has 1 fully saturated rings. The maximum atomic E-state index is 11.0. The van der Waals surface area contributed by atoms with E-state index in [2.05, 4.69) is 21.2 Å². The largest absolute Gasteiger partial charge is 0.396 e. The summed E-state index contributed by atoms with van der Waals surface area (Å²) in [6, 6.07) is 4.01. The lowest BCUT2D eigenvalue weighted by Gasteiger charge is -2.10. The highest BCUT2D eigenvalue weighted by Gasteiger charge is 2.24. The van der Waals surface area contributed by atoms with Gasteiger partial charge < -0.3 is 11.1 Å². The molecule has 1 aromatic carbocycles. The predicted molar refractivity (Wildman–Crippen MR) is 64.8 cm³/mol. The fraction of sp³-hybridized carbons (Fsp3) is 0.364. The van der Waals surface area contributed by atoms with Crippen molar-refractivity contribution in [2.45, 2.75) is 25.7 Å². The SMILES string of the molecule is CC(=O)Nc1cc(C2CC2)cc(Br)c1N. The van der Waals surface area contributed by atoms with Gasteiger partial charge in [0.1, 0.15) is 0 Å². The van der Waals surface area contributed by atoms with Crippen LogP contribution in [0.15, 0.2) is 16.6 Å². The summed E-state index contributed by atoms with van der Waals surface area (Å²) in [4.78, 5) is 11.0. The topological polar surface area (TPSA) is 55.1 Å². The molecule has 15 heavy (non-hydrogen) atoms. The Hall–Kier alpha value is -1.03. The molecule has 1 amide bonds. The van der Waals surface area contributed by atoms with Crippen LogP contribution in [0.3, 0.4) is 0 Å². The number of benzene rings is 1. The molecule has 0 spiro atoms. The molecule has 1 aliphatic rings. The predicted octanol–water partition coefficient (Wildman–Crippen LogP) is 2.87. The molecule has 1 aliphatic carbocycles. The number of rotatable bonds is 2. The number of anilines is 2. The molecule has 0 bridgehead atoms. The van der Waals surface area contributed by atoms with Crippen molar-refractivity contribution in [2.75, 3.05) is 11.1 Å². The van der Waals surface area contributed by atoms with Crippen molar-refractivity contribution in [3.05, 3.63) is 22.2 Å². The van der Waals surface area contributed by atoms with Gasteiger partial charge in [-0.25, -0.2) is 0 Å². The number of nitrogen functional groups attached to an aromatic ring is 1. The number of amides is 1. The van der Waals surface area contributed by atoms with Crippen LogP contribution >= 0.6 is 15.9 Å². The fourth-order valence-corrected chi connectivity index (χ4v) is 2.06. The Labute approximate surface area is 97.2 Å². The van der Waals surface area contributed by atoms with Crippen LogP contribution in [0.1, 0.15) is 31.2 Å². The van der Waals surface area contributed by atoms with Crippen LogP contribution in [0.4, 0.5) is 11.4 Å². The summed E-state index contributed by atoms with van der Waals surface area (Å²) in [6.45, 7) is 1.48. The number of nitrogens with one attached hydrogen (secondary N) is 1. The molecule has 3 N–H and O–H groups in total. The van der Waals surface area contributed by atoms with Crippen LogP contribution in [0, 0.1) is 0 Å². The van der Waals surface area contributed by atoms with Gasteiger partial charge in [-0.15, -0.1) is 0 Å². The van der Waals surface area contributed by atoms with Crippen LogP contribution in [-0.2, 0) is 4.79 Å². The number of nitrogens with two attached hydrogens (primary N) is 1. The zero-order chi connectivity index (χ0) is 11.0. The molecule has 2 rings (SSSR count). The van der Waals surface area contributed by atoms with Gasteiger partial charge in [-0.1, -0.05) is 0 Å². The second-order valence-electron chi connectivity index (χ2n) is 3.92. The summed E-state index contributed by atoms with van der Waals surface area (Å²) >= 11 is 3.41. The van der Waals surface area contributed by atoms with E-state index in [1.54, 1.807) is 0 Å². The third kappa shape index (κ3) is 2.31. The number of hydrogen-bond acceptors (Lipinski definition) is 2. The molecular formula is C11H13BrN2O. The highest BCUT2D eigenvalue weighted by molar-refractivity contribution is 9.10. The van der Waals surface area contributed by atoms with E-state index in [1.807, 2.05) is 12.1 Å². The first kappa shape index (κ1) is 10.5. The molecule has 0 saturated heterocycles. The molecule has 0 aliphatic heterocycles. The molecule has 3 nitrogen and oxygen atoms in total. The van der Waals surface area contributed by atoms with Gasteiger partial charge in [0.25, 0.3) is 0 Å². The van der Waals surface area contributed by atoms with E-state index in [1.165, 1.54) is 25.3 Å². The molecule has 0 unspecified atom stereocenters. The van der Waals surface area contributed by atoms with Crippen LogP contribution < -0.4 is 11.1 Å². The normalized spacial score (nSPS) is 15.1. The van der Waals surface area contributed by atoms with E-state index in [4.69, 9.17) is 5.73 Å². The van der Waals surface area contributed by atoms with Crippen LogP contribution in [0.5, 0.6) is 0 Å². The summed E-state index contributed by atoms with van der Waals surface area (Å²) in [7, 11) is 0. The molecule has 1 aromatic rings. The van der Waals surface area contributed by atoms with Crippen molar-refractivity contribution in [3.63, 3.8) is 0 Å². The summed E-state index contributed by atoms with van der Waals surface area (Å²) in [5, 5.41) is 2.74. The van der Waals surface area contributed by atoms with Crippen molar-refractivity contribution >= 4 is 33.2 Å². The van der Waals surface area contributed by atoms with E-state index in [0.29, 0.717) is 17.3 Å². The first-order valence-corrected chi connectivity index (χ1v) is 5.73. The van der Waals surface area contributed by atoms with E-state index < -0.39 is 0 Å². The maximum Gasteiger partial charge on any atom is 0.221 e. The van der Waals surface area contributed by atoms with Gasteiger partial charge in [0.15, 0.2) is 0 Å². The minimum absolute atomic E-state index is 0.0958. The van der Waals surface area contributed by atoms with Crippen molar-refractivity contribution in [1.82, 2.24) is 0 Å². The Bertz CT molecular complexity index is 413. The smallest absolute Gasteiger partial charge is 0.221 e. The minimum atomic E-state index is -0.0958. The zero-order valence-corrected chi connectivity index (χ0v) is 10.1. The number of carbonyl (C=O) groups is 1. The molecule has 0 atom stereocenters. The molecule has 4 heteroatoms. The molecule has 0 aromatic heterocycles. The van der Waals surface area contributed by atoms with Gasteiger partial charge in [0.2, 0.25) is 5.91 Å². The van der Waals surface area contributed by atoms with Gasteiger partial charge >= 0.3 is 0 Å². The van der Waals surface area contributed by atoms with Crippen LogP contribution in [-0.4, -0.2) is 5.91 Å². The average molecular weight is 269 g/mol. The lowest BCUT2D eigenvalue weighted by Crippen LogP contribution is -2.08. The molecule has 0 radical (unpaired) electrons. The van der Waals surface area contributed by atoms with E-state index >= 15 is 0 Å². The standard InChI is InChI=1S/C11H13BrN2O/c1-6(15)14-10-5-8(7-2-3-7)4-9(12)11(10)13/h4-5,7H,2-3,13H2,1H3,(H,14,15). The van der Waals surface area contributed by atoms with Crippen LogP contribution in [0.25, 0.3) is 0 Å². The summed E-state index contributed by atoms with van der Waals surface area (Å²) < 4.78 is 0.857. The molecule has 0 heterocycles. The first-order chi connectivity index (χ1) is 7.08. The van der Waals surface area contributed by atoms with Gasteiger partial charge in [-0.2, -0.15) is 0 Å². The maximum absolute atomic E-state index is 11.0. The van der Waals surface area contributed by atoms with E-state index in [-0.39, 0.29) is 5.91 Å². The second-order valence-corrected chi connectivity index (χ2v) is 4.77. The molecular weight excluding hydrogens is 256 g/mol. The Balaban J connectivity index is 2.37. The highest BCUT2D eigenvalue weighted by Crippen LogP contribution is 2.43. The van der Waals surface area contributed by atoms with Gasteiger partial charge in [0, 0.05) is 11.4 Å². The fourth-order valence-electron chi connectivity index (χ4n) is 1.58. The average Bonchev–Trinajstić information content (AvgIpc) is 2.94. The lowest BCUT2D eigenvalue weighted by atomic mass is 10.1. The number of halogens is 1. The van der Waals surface area contributed by atoms with Gasteiger partial charge in [-0.3, -0.25) is 4.79 Å². The third-order valence-corrected chi connectivity index (χ3v) is 3.17. The third-order valence-electron chi connectivity index (χ3n) is 2.51. The quantitative estimate of drug-likeness (QED) is 0.811. The van der Waals surface area contributed by atoms with Crippen molar-refractivity contribution in [2.24, 2.45) is 0 Å². The Morgan fingerprint density at radius 3 is 2.73 bits per heavy atom. The van der Waals surface area contributed by atoms with E-state index in [9.17, 15) is 4.79 Å². The van der Waals surface area contributed by atoms with Gasteiger partial charge in [-0.05, 0) is 52.4 Å². The summed E-state index contributed by atoms with van der Waals surface area (Å²) in [5.41, 5.74) is 8.41. The molecule has 80 valence electrons. The number of hydrogen-bond donors (Lipinski definition) is 2. The van der Waals surface area contributed by atoms with E-state index in [0.717, 1.165) is 4.47 Å². The Kier molecular flexibility index (Phi) is 2.69. The lowest BCUT2D eigenvalue weighted by molar-refractivity contribution is -0.114. The summed E-state index contributed by atoms with van der Waals surface area (Å²) in [5.74, 6) is 0.552. The van der Waals surface area contributed by atoms with Crippen molar-refractivity contribution in [3.8, 4) is 0 Å². The Morgan fingerprint density at radius 1 is 1.53 bits per heavy atom. The molecule has 1 saturated carbocycles. The van der Waals surface area contributed by atoms with Crippen LogP contribution in [0.2, 0.25) is 0 Å². The summed E-state index contributed by atoms with van der Waals surface area (Å²) in [6.07, 6.45) is 2.46.